The SMILES string of the molecule is C1=Cc2oc3cc(N(c4ccc5oc6ccncc6c5c4)c4ccc5c6ccccc6n(-c6ccccc6)c5c4)ccc3c2CN1. The van der Waals surface area contributed by atoms with Crippen molar-refractivity contribution in [1.29, 1.82) is 0 Å². The van der Waals surface area contributed by atoms with Gasteiger partial charge in [0.2, 0.25) is 0 Å². The summed E-state index contributed by atoms with van der Waals surface area (Å²) in [7, 11) is 0. The van der Waals surface area contributed by atoms with E-state index in [0.717, 1.165) is 73.5 Å². The third kappa shape index (κ3) is 3.67. The number of rotatable bonds is 4. The number of furan rings is 2. The molecule has 0 atom stereocenters. The van der Waals surface area contributed by atoms with E-state index in [4.69, 9.17) is 8.83 Å². The lowest BCUT2D eigenvalue weighted by atomic mass is 10.1. The third-order valence-corrected chi connectivity index (χ3v) is 9.14. The first kappa shape index (κ1) is 25.1. The minimum absolute atomic E-state index is 0.751. The third-order valence-electron chi connectivity index (χ3n) is 9.14. The topological polar surface area (TPSA) is 59.4 Å². The van der Waals surface area contributed by atoms with Crippen LogP contribution in [0.1, 0.15) is 11.3 Å². The number of pyridine rings is 1. The molecule has 0 aliphatic carbocycles. The van der Waals surface area contributed by atoms with Crippen LogP contribution in [0.3, 0.4) is 0 Å². The van der Waals surface area contributed by atoms with Gasteiger partial charge in [-0.05, 0) is 72.8 Å². The van der Waals surface area contributed by atoms with Crippen molar-refractivity contribution in [3.63, 3.8) is 0 Å². The van der Waals surface area contributed by atoms with Crippen molar-refractivity contribution in [2.24, 2.45) is 0 Å². The molecule has 6 heteroatoms. The molecule has 1 aliphatic rings. The molecule has 10 rings (SSSR count). The van der Waals surface area contributed by atoms with Gasteiger partial charge in [-0.3, -0.25) is 4.98 Å². The van der Waals surface area contributed by atoms with E-state index < -0.39 is 0 Å². The highest BCUT2D eigenvalue weighted by molar-refractivity contribution is 6.11. The Morgan fingerprint density at radius 1 is 0.609 bits per heavy atom. The predicted octanol–water partition coefficient (Wildman–Crippen LogP) is 10.4. The van der Waals surface area contributed by atoms with E-state index in [1.54, 1.807) is 6.20 Å². The number of nitrogens with one attached hydrogen (secondary N) is 1. The van der Waals surface area contributed by atoms with Crippen LogP contribution >= 0.6 is 0 Å². The summed E-state index contributed by atoms with van der Waals surface area (Å²) in [6.07, 6.45) is 7.58. The van der Waals surface area contributed by atoms with Crippen molar-refractivity contribution in [1.82, 2.24) is 14.9 Å². The van der Waals surface area contributed by atoms with Gasteiger partial charge in [-0.1, -0.05) is 42.5 Å². The quantitative estimate of drug-likeness (QED) is 0.220. The van der Waals surface area contributed by atoms with Gasteiger partial charge in [0.25, 0.3) is 0 Å². The van der Waals surface area contributed by atoms with Crippen molar-refractivity contribution in [2.45, 2.75) is 6.54 Å². The van der Waals surface area contributed by atoms with Crippen molar-refractivity contribution in [3.8, 4) is 5.69 Å². The lowest BCUT2D eigenvalue weighted by Crippen LogP contribution is -2.10. The summed E-state index contributed by atoms with van der Waals surface area (Å²) in [4.78, 5) is 6.69. The standard InChI is InChI=1S/C40H26N4O2/c1-2-6-25(7-3-1)44-35-9-5-4-8-29(35)30-13-10-27(21-36(30)44)43(26-12-15-37-32(20-26)34-24-42-19-17-39(34)45-37)28-11-14-31-33-23-41-18-16-38(33)46-40(31)22-28/h1-22,24,41H,23H2. The minimum atomic E-state index is 0.751. The van der Waals surface area contributed by atoms with Gasteiger partial charge < -0.3 is 23.6 Å². The molecule has 1 aliphatic heterocycles. The molecular weight excluding hydrogens is 568 g/mol. The predicted molar refractivity (Wildman–Crippen MR) is 186 cm³/mol. The molecule has 0 unspecified atom stereocenters. The molecule has 0 amide bonds. The molecule has 0 spiro atoms. The van der Waals surface area contributed by atoms with Crippen LogP contribution in [0.25, 0.3) is 66.5 Å². The first-order chi connectivity index (χ1) is 22.8. The highest BCUT2D eigenvalue weighted by Crippen LogP contribution is 2.43. The Morgan fingerprint density at radius 3 is 2.30 bits per heavy atom. The Morgan fingerprint density at radius 2 is 1.37 bits per heavy atom. The van der Waals surface area contributed by atoms with Gasteiger partial charge in [0.15, 0.2) is 0 Å². The summed E-state index contributed by atoms with van der Waals surface area (Å²) in [6.45, 7) is 0.751. The summed E-state index contributed by atoms with van der Waals surface area (Å²) in [5.41, 5.74) is 10.2. The van der Waals surface area contributed by atoms with Crippen molar-refractivity contribution < 1.29 is 8.83 Å². The van der Waals surface area contributed by atoms with Gasteiger partial charge in [-0.25, -0.2) is 0 Å². The Balaban J connectivity index is 1.24. The van der Waals surface area contributed by atoms with Crippen LogP contribution in [-0.4, -0.2) is 9.55 Å². The molecule has 0 radical (unpaired) electrons. The van der Waals surface area contributed by atoms with Crippen LogP contribution in [0.15, 0.2) is 143 Å². The molecule has 0 saturated heterocycles. The second-order valence-electron chi connectivity index (χ2n) is 11.7. The normalized spacial score (nSPS) is 12.8. The molecule has 1 N–H and O–H groups in total. The zero-order valence-corrected chi connectivity index (χ0v) is 24.6. The average molecular weight is 595 g/mol. The van der Waals surface area contributed by atoms with E-state index >= 15 is 0 Å². The van der Waals surface area contributed by atoms with Crippen molar-refractivity contribution >= 4 is 77.9 Å². The summed E-state index contributed by atoms with van der Waals surface area (Å²) in [6, 6.07) is 40.8. The number of fused-ring (bicyclic) bond motifs is 9. The first-order valence-corrected chi connectivity index (χ1v) is 15.4. The number of benzene rings is 5. The number of anilines is 3. The average Bonchev–Trinajstić information content (AvgIpc) is 3.77. The van der Waals surface area contributed by atoms with Gasteiger partial charge >= 0.3 is 0 Å². The van der Waals surface area contributed by atoms with Crippen LogP contribution < -0.4 is 10.2 Å². The number of para-hydroxylation sites is 2. The maximum atomic E-state index is 6.37. The van der Waals surface area contributed by atoms with Crippen LogP contribution in [0, 0.1) is 0 Å². The van der Waals surface area contributed by atoms with Crippen molar-refractivity contribution in [2.75, 3.05) is 4.90 Å². The highest BCUT2D eigenvalue weighted by Gasteiger charge is 2.21. The number of nitrogens with zero attached hydrogens (tertiary/aromatic N) is 3. The molecule has 0 saturated carbocycles. The smallest absolute Gasteiger partial charge is 0.138 e. The Hall–Kier alpha value is -6.27. The fraction of sp³-hybridized carbons (Fsp3) is 0.0250. The molecule has 5 aromatic carbocycles. The van der Waals surface area contributed by atoms with Gasteiger partial charge in [0, 0.05) is 86.4 Å². The maximum Gasteiger partial charge on any atom is 0.138 e. The van der Waals surface area contributed by atoms with E-state index in [2.05, 4.69) is 129 Å². The molecule has 4 aromatic heterocycles. The van der Waals surface area contributed by atoms with E-state index in [1.165, 1.54) is 21.9 Å². The molecule has 0 fully saturated rings. The van der Waals surface area contributed by atoms with Crippen molar-refractivity contribution in [3.05, 3.63) is 145 Å². The van der Waals surface area contributed by atoms with Gasteiger partial charge in [0.1, 0.15) is 22.5 Å². The lowest BCUT2D eigenvalue weighted by Gasteiger charge is -2.26. The summed E-state index contributed by atoms with van der Waals surface area (Å²) < 4.78 is 14.9. The number of hydrogen-bond acceptors (Lipinski definition) is 5. The molecule has 9 aromatic rings. The fourth-order valence-corrected chi connectivity index (χ4v) is 7.06. The second kappa shape index (κ2) is 9.61. The van der Waals surface area contributed by atoms with E-state index in [0.29, 0.717) is 0 Å². The number of hydrogen-bond donors (Lipinski definition) is 1. The van der Waals surface area contributed by atoms with Crippen LogP contribution in [0.4, 0.5) is 17.1 Å². The van der Waals surface area contributed by atoms with E-state index in [-0.39, 0.29) is 0 Å². The number of aromatic nitrogens is 2. The van der Waals surface area contributed by atoms with E-state index in [9.17, 15) is 0 Å². The first-order valence-electron chi connectivity index (χ1n) is 15.4. The second-order valence-corrected chi connectivity index (χ2v) is 11.7. The van der Waals surface area contributed by atoms with Gasteiger partial charge in [0.05, 0.1) is 11.0 Å². The molecular formula is C40H26N4O2. The zero-order chi connectivity index (χ0) is 30.2. The fourth-order valence-electron chi connectivity index (χ4n) is 7.06. The zero-order valence-electron chi connectivity index (χ0n) is 24.6. The molecule has 46 heavy (non-hydrogen) atoms. The van der Waals surface area contributed by atoms with E-state index in [1.807, 2.05) is 24.5 Å². The maximum absolute atomic E-state index is 6.37. The summed E-state index contributed by atoms with van der Waals surface area (Å²) >= 11 is 0. The molecule has 218 valence electrons. The molecule has 6 nitrogen and oxygen atoms in total. The Labute approximate surface area is 263 Å². The highest BCUT2D eigenvalue weighted by atomic mass is 16.3. The Kier molecular flexibility index (Phi) is 5.25. The molecule has 0 bridgehead atoms. The van der Waals surface area contributed by atoms with Gasteiger partial charge in [-0.15, -0.1) is 0 Å². The molecule has 5 heterocycles. The summed E-state index contributed by atoms with van der Waals surface area (Å²) in [5.74, 6) is 0.907. The summed E-state index contributed by atoms with van der Waals surface area (Å²) in [5, 5.41) is 8.89. The van der Waals surface area contributed by atoms with Crippen LogP contribution in [0.2, 0.25) is 0 Å². The Bertz CT molecular complexity index is 2660. The largest absolute Gasteiger partial charge is 0.456 e. The monoisotopic (exact) mass is 594 g/mol. The lowest BCUT2D eigenvalue weighted by molar-refractivity contribution is 0.592. The van der Waals surface area contributed by atoms with Crippen LogP contribution in [0.5, 0.6) is 0 Å². The minimum Gasteiger partial charge on any atom is -0.456 e. The van der Waals surface area contributed by atoms with Crippen LogP contribution in [-0.2, 0) is 6.54 Å². The van der Waals surface area contributed by atoms with Gasteiger partial charge in [-0.2, -0.15) is 0 Å².